The summed E-state index contributed by atoms with van der Waals surface area (Å²) in [5.74, 6) is -1.22. The highest BCUT2D eigenvalue weighted by molar-refractivity contribution is 5.71. The molecule has 1 aromatic heterocycles. The molecule has 0 aromatic carbocycles. The van der Waals surface area contributed by atoms with Crippen LogP contribution in [0.5, 0.6) is 0 Å². The number of carboxylic acids is 1. The van der Waals surface area contributed by atoms with Crippen molar-refractivity contribution in [1.82, 2.24) is 4.98 Å². The lowest BCUT2D eigenvalue weighted by atomic mass is 10.1. The van der Waals surface area contributed by atoms with E-state index in [4.69, 9.17) is 10.8 Å². The maximum Gasteiger partial charge on any atom is 0.309 e. The third-order valence-corrected chi connectivity index (χ3v) is 1.64. The summed E-state index contributed by atoms with van der Waals surface area (Å²) >= 11 is 0. The van der Waals surface area contributed by atoms with Gasteiger partial charge in [0.1, 0.15) is 0 Å². The number of hydrogen-bond donors (Lipinski definition) is 2. The molecular formula is C8H8F2N2O2. The first kappa shape index (κ1) is 10.4. The highest BCUT2D eigenvalue weighted by Crippen LogP contribution is 2.27. The van der Waals surface area contributed by atoms with Crippen molar-refractivity contribution in [2.45, 2.75) is 12.8 Å². The summed E-state index contributed by atoms with van der Waals surface area (Å²) in [6.45, 7) is 0. The Bertz CT molecular complexity index is 355. The average Bonchev–Trinajstić information content (AvgIpc) is 2.01. The van der Waals surface area contributed by atoms with Gasteiger partial charge in [0.2, 0.25) is 0 Å². The molecule has 0 amide bonds. The SMILES string of the molecule is Nc1ccnc(CC(=O)O)c1C(F)F. The topological polar surface area (TPSA) is 76.2 Å². The van der Waals surface area contributed by atoms with Crippen molar-refractivity contribution in [3.63, 3.8) is 0 Å². The van der Waals surface area contributed by atoms with Gasteiger partial charge < -0.3 is 10.8 Å². The molecule has 0 aliphatic rings. The minimum atomic E-state index is -2.81. The van der Waals surface area contributed by atoms with Crippen molar-refractivity contribution >= 4 is 11.7 Å². The standard InChI is InChI=1S/C8H8F2N2O2/c9-8(10)7-4(11)1-2-12-5(7)3-6(13)14/h1-2,8H,3H2,(H2,11,12)(H,13,14). The molecule has 0 fully saturated rings. The molecule has 0 atom stereocenters. The maximum atomic E-state index is 12.4. The molecule has 0 spiro atoms. The minimum absolute atomic E-state index is 0.133. The normalized spacial score (nSPS) is 10.5. The quantitative estimate of drug-likeness (QED) is 0.772. The summed E-state index contributed by atoms with van der Waals surface area (Å²) in [6.07, 6.45) is -2.15. The molecule has 0 aliphatic heterocycles. The zero-order valence-electron chi connectivity index (χ0n) is 7.08. The summed E-state index contributed by atoms with van der Waals surface area (Å²) in [5, 5.41) is 8.44. The van der Waals surface area contributed by atoms with Gasteiger partial charge in [0.15, 0.2) is 0 Å². The van der Waals surface area contributed by atoms with E-state index in [0.29, 0.717) is 0 Å². The van der Waals surface area contributed by atoms with Crippen molar-refractivity contribution in [1.29, 1.82) is 0 Å². The molecule has 6 heteroatoms. The second-order valence-corrected chi connectivity index (χ2v) is 2.63. The number of halogens is 2. The molecule has 4 nitrogen and oxygen atoms in total. The minimum Gasteiger partial charge on any atom is -0.481 e. The van der Waals surface area contributed by atoms with E-state index >= 15 is 0 Å². The largest absolute Gasteiger partial charge is 0.481 e. The van der Waals surface area contributed by atoms with Crippen molar-refractivity contribution in [3.05, 3.63) is 23.5 Å². The number of alkyl halides is 2. The fourth-order valence-corrected chi connectivity index (χ4v) is 1.07. The van der Waals surface area contributed by atoms with Crippen LogP contribution in [0.4, 0.5) is 14.5 Å². The number of pyridine rings is 1. The first-order chi connectivity index (χ1) is 6.52. The van der Waals surface area contributed by atoms with E-state index in [1.807, 2.05) is 0 Å². The molecule has 0 radical (unpaired) electrons. The molecule has 0 bridgehead atoms. The van der Waals surface area contributed by atoms with Gasteiger partial charge in [-0.15, -0.1) is 0 Å². The number of carbonyl (C=O) groups is 1. The van der Waals surface area contributed by atoms with E-state index in [9.17, 15) is 13.6 Å². The van der Waals surface area contributed by atoms with Crippen molar-refractivity contribution in [2.24, 2.45) is 0 Å². The van der Waals surface area contributed by atoms with Crippen LogP contribution in [-0.4, -0.2) is 16.1 Å². The summed E-state index contributed by atoms with van der Waals surface area (Å²) in [7, 11) is 0. The first-order valence-corrected chi connectivity index (χ1v) is 3.75. The Balaban J connectivity index is 3.14. The van der Waals surface area contributed by atoms with Crippen molar-refractivity contribution in [3.8, 4) is 0 Å². The fraction of sp³-hybridized carbons (Fsp3) is 0.250. The van der Waals surface area contributed by atoms with Crippen LogP contribution in [-0.2, 0) is 11.2 Å². The number of rotatable bonds is 3. The van der Waals surface area contributed by atoms with Crippen molar-refractivity contribution < 1.29 is 18.7 Å². The molecule has 1 aromatic rings. The Labute approximate surface area is 78.4 Å². The number of hydrogen-bond acceptors (Lipinski definition) is 3. The average molecular weight is 202 g/mol. The molecule has 1 heterocycles. The Morgan fingerprint density at radius 2 is 2.29 bits per heavy atom. The molecule has 0 saturated heterocycles. The zero-order valence-corrected chi connectivity index (χ0v) is 7.08. The molecule has 0 saturated carbocycles. The van der Waals surface area contributed by atoms with Gasteiger partial charge in [0, 0.05) is 11.9 Å². The summed E-state index contributed by atoms with van der Waals surface area (Å²) in [4.78, 5) is 13.9. The summed E-state index contributed by atoms with van der Waals surface area (Å²) < 4.78 is 24.9. The molecule has 14 heavy (non-hydrogen) atoms. The summed E-state index contributed by atoms with van der Waals surface area (Å²) in [6, 6.07) is 1.22. The Morgan fingerprint density at radius 1 is 1.64 bits per heavy atom. The summed E-state index contributed by atoms with van der Waals surface area (Å²) in [5.41, 5.74) is 4.47. The van der Waals surface area contributed by atoms with Gasteiger partial charge >= 0.3 is 5.97 Å². The number of aromatic nitrogens is 1. The molecule has 76 valence electrons. The van der Waals surface area contributed by atoms with Crippen LogP contribution in [0.1, 0.15) is 17.7 Å². The predicted octanol–water partition coefficient (Wildman–Crippen LogP) is 1.23. The predicted molar refractivity (Wildman–Crippen MR) is 44.9 cm³/mol. The number of anilines is 1. The van der Waals surface area contributed by atoms with E-state index in [0.717, 1.165) is 0 Å². The first-order valence-electron chi connectivity index (χ1n) is 3.75. The second-order valence-electron chi connectivity index (χ2n) is 2.63. The molecular weight excluding hydrogens is 194 g/mol. The Kier molecular flexibility index (Phi) is 2.95. The van der Waals surface area contributed by atoms with E-state index in [1.54, 1.807) is 0 Å². The number of aliphatic carboxylic acids is 1. The molecule has 1 rings (SSSR count). The number of nitrogen functional groups attached to an aromatic ring is 1. The third-order valence-electron chi connectivity index (χ3n) is 1.64. The van der Waals surface area contributed by atoms with E-state index in [1.165, 1.54) is 12.3 Å². The van der Waals surface area contributed by atoms with Gasteiger partial charge in [-0.3, -0.25) is 9.78 Å². The van der Waals surface area contributed by atoms with Gasteiger partial charge in [0.25, 0.3) is 6.43 Å². The lowest BCUT2D eigenvalue weighted by Gasteiger charge is -2.08. The third kappa shape index (κ3) is 2.15. The van der Waals surface area contributed by atoms with E-state index in [-0.39, 0.29) is 11.4 Å². The van der Waals surface area contributed by atoms with E-state index < -0.39 is 24.4 Å². The van der Waals surface area contributed by atoms with Gasteiger partial charge in [0.05, 0.1) is 17.7 Å². The number of nitrogens with zero attached hydrogens (tertiary/aromatic N) is 1. The lowest BCUT2D eigenvalue weighted by Crippen LogP contribution is -2.08. The van der Waals surface area contributed by atoms with Crippen molar-refractivity contribution in [2.75, 3.05) is 5.73 Å². The van der Waals surface area contributed by atoms with Crippen LogP contribution in [0.3, 0.4) is 0 Å². The number of nitrogens with two attached hydrogens (primary N) is 1. The van der Waals surface area contributed by atoms with Crippen LogP contribution >= 0.6 is 0 Å². The van der Waals surface area contributed by atoms with Gasteiger partial charge in [-0.05, 0) is 6.07 Å². The smallest absolute Gasteiger partial charge is 0.309 e. The van der Waals surface area contributed by atoms with Crippen LogP contribution < -0.4 is 5.73 Å². The molecule has 3 N–H and O–H groups in total. The fourth-order valence-electron chi connectivity index (χ4n) is 1.07. The van der Waals surface area contributed by atoms with Gasteiger partial charge in [-0.1, -0.05) is 0 Å². The maximum absolute atomic E-state index is 12.4. The Morgan fingerprint density at radius 3 is 2.79 bits per heavy atom. The zero-order chi connectivity index (χ0) is 10.7. The lowest BCUT2D eigenvalue weighted by molar-refractivity contribution is -0.136. The highest BCUT2D eigenvalue weighted by Gasteiger charge is 2.18. The highest BCUT2D eigenvalue weighted by atomic mass is 19.3. The van der Waals surface area contributed by atoms with Crippen LogP contribution in [0.25, 0.3) is 0 Å². The van der Waals surface area contributed by atoms with Crippen LogP contribution in [0.15, 0.2) is 12.3 Å². The Hall–Kier alpha value is -1.72. The number of carboxylic acid groups (broad SMARTS) is 1. The van der Waals surface area contributed by atoms with Crippen LogP contribution in [0.2, 0.25) is 0 Å². The monoisotopic (exact) mass is 202 g/mol. The van der Waals surface area contributed by atoms with Gasteiger partial charge in [-0.2, -0.15) is 0 Å². The molecule has 0 unspecified atom stereocenters. The van der Waals surface area contributed by atoms with E-state index in [2.05, 4.69) is 4.98 Å². The van der Waals surface area contributed by atoms with Crippen LogP contribution in [0, 0.1) is 0 Å². The van der Waals surface area contributed by atoms with Gasteiger partial charge in [-0.25, -0.2) is 8.78 Å². The molecule has 0 aliphatic carbocycles. The second kappa shape index (κ2) is 3.99.